The number of rotatable bonds is 4. The minimum atomic E-state index is -0.575. The highest BCUT2D eigenvalue weighted by atomic mass is 19.1. The van der Waals surface area contributed by atoms with Crippen LogP contribution >= 0.6 is 0 Å². The molecule has 21 heavy (non-hydrogen) atoms. The van der Waals surface area contributed by atoms with E-state index in [9.17, 15) is 13.6 Å². The Labute approximate surface area is 123 Å². The molecule has 3 unspecified atom stereocenters. The van der Waals surface area contributed by atoms with Crippen LogP contribution in [0.4, 0.5) is 8.78 Å². The first kappa shape index (κ1) is 14.4. The highest BCUT2D eigenvalue weighted by molar-refractivity contribution is 5.83. The van der Waals surface area contributed by atoms with Crippen molar-refractivity contribution in [3.63, 3.8) is 0 Å². The number of benzene rings is 1. The van der Waals surface area contributed by atoms with Crippen LogP contribution in [0.5, 0.6) is 0 Å². The highest BCUT2D eigenvalue weighted by Gasteiger charge is 2.47. The van der Waals surface area contributed by atoms with Crippen LogP contribution in [0, 0.1) is 23.5 Å². The lowest BCUT2D eigenvalue weighted by molar-refractivity contribution is -0.131. The van der Waals surface area contributed by atoms with Crippen molar-refractivity contribution in [1.82, 2.24) is 10.2 Å². The van der Waals surface area contributed by atoms with E-state index < -0.39 is 11.6 Å². The fourth-order valence-electron chi connectivity index (χ4n) is 3.34. The standard InChI is InChI=1S/C16H20F2N2O/c1-19-8-10-4-5-20(9-10)16(21)14-7-13(14)12-3-2-11(17)6-15(12)18/h2-3,6,10,13-14,19H,4-5,7-9H2,1H3. The normalized spacial score (nSPS) is 28.0. The molecule has 2 fully saturated rings. The lowest BCUT2D eigenvalue weighted by Gasteiger charge is -2.16. The monoisotopic (exact) mass is 294 g/mol. The van der Waals surface area contributed by atoms with Gasteiger partial charge in [-0.05, 0) is 49.9 Å². The molecule has 5 heteroatoms. The molecule has 1 N–H and O–H groups in total. The predicted molar refractivity (Wildman–Crippen MR) is 75.8 cm³/mol. The van der Waals surface area contributed by atoms with Gasteiger partial charge in [-0.2, -0.15) is 0 Å². The molecular formula is C16H20F2N2O. The molecule has 0 aromatic heterocycles. The Morgan fingerprint density at radius 2 is 2.24 bits per heavy atom. The summed E-state index contributed by atoms with van der Waals surface area (Å²) in [5.74, 6) is -0.681. The number of nitrogens with zero attached hydrogens (tertiary/aromatic N) is 1. The molecule has 1 aliphatic heterocycles. The van der Waals surface area contributed by atoms with Gasteiger partial charge in [0.2, 0.25) is 5.91 Å². The van der Waals surface area contributed by atoms with E-state index in [0.29, 0.717) is 17.9 Å². The number of nitrogens with one attached hydrogen (secondary N) is 1. The van der Waals surface area contributed by atoms with Crippen LogP contribution in [0.2, 0.25) is 0 Å². The molecule has 1 saturated heterocycles. The first-order chi connectivity index (χ1) is 10.1. The fraction of sp³-hybridized carbons (Fsp3) is 0.562. The molecule has 114 valence electrons. The molecule has 2 aliphatic rings. The van der Waals surface area contributed by atoms with Gasteiger partial charge in [0.05, 0.1) is 0 Å². The summed E-state index contributed by atoms with van der Waals surface area (Å²) in [5, 5.41) is 3.14. The molecule has 1 amide bonds. The van der Waals surface area contributed by atoms with Crippen molar-refractivity contribution >= 4 is 5.91 Å². The molecule has 3 atom stereocenters. The predicted octanol–water partition coefficient (Wildman–Crippen LogP) is 2.14. The largest absolute Gasteiger partial charge is 0.342 e. The summed E-state index contributed by atoms with van der Waals surface area (Å²) in [4.78, 5) is 14.3. The lowest BCUT2D eigenvalue weighted by atomic mass is 10.1. The topological polar surface area (TPSA) is 32.3 Å². The Morgan fingerprint density at radius 1 is 1.43 bits per heavy atom. The zero-order valence-electron chi connectivity index (χ0n) is 12.1. The van der Waals surface area contributed by atoms with Crippen LogP contribution in [0.1, 0.15) is 24.3 Å². The third-order valence-corrected chi connectivity index (χ3v) is 4.56. The van der Waals surface area contributed by atoms with Gasteiger partial charge < -0.3 is 10.2 Å². The quantitative estimate of drug-likeness (QED) is 0.922. The molecule has 1 aromatic rings. The number of halogens is 2. The molecule has 3 rings (SSSR count). The van der Waals surface area contributed by atoms with E-state index in [-0.39, 0.29) is 17.7 Å². The van der Waals surface area contributed by atoms with Crippen LogP contribution in [0.15, 0.2) is 18.2 Å². The van der Waals surface area contributed by atoms with Gasteiger partial charge in [-0.15, -0.1) is 0 Å². The zero-order valence-corrected chi connectivity index (χ0v) is 12.1. The summed E-state index contributed by atoms with van der Waals surface area (Å²) < 4.78 is 26.7. The SMILES string of the molecule is CNCC1CCN(C(=O)C2CC2c2ccc(F)cc2F)C1. The fourth-order valence-corrected chi connectivity index (χ4v) is 3.34. The molecular weight excluding hydrogens is 274 g/mol. The van der Waals surface area contributed by atoms with Crippen LogP contribution in [-0.2, 0) is 4.79 Å². The number of likely N-dealkylation sites (tertiary alicyclic amines) is 1. The second-order valence-corrected chi connectivity index (χ2v) is 6.11. The van der Waals surface area contributed by atoms with Gasteiger partial charge in [-0.25, -0.2) is 8.78 Å². The molecule has 1 aromatic carbocycles. The van der Waals surface area contributed by atoms with Crippen LogP contribution in [-0.4, -0.2) is 37.5 Å². The van der Waals surface area contributed by atoms with Crippen LogP contribution < -0.4 is 5.32 Å². The van der Waals surface area contributed by atoms with Crippen LogP contribution in [0.25, 0.3) is 0 Å². The summed E-state index contributed by atoms with van der Waals surface area (Å²) in [7, 11) is 1.92. The van der Waals surface area contributed by atoms with Crippen molar-refractivity contribution in [2.45, 2.75) is 18.8 Å². The maximum absolute atomic E-state index is 13.7. The van der Waals surface area contributed by atoms with Crippen molar-refractivity contribution in [3.8, 4) is 0 Å². The number of amides is 1. The van der Waals surface area contributed by atoms with Crippen molar-refractivity contribution in [3.05, 3.63) is 35.4 Å². The first-order valence-corrected chi connectivity index (χ1v) is 7.48. The van der Waals surface area contributed by atoms with Gasteiger partial charge in [0.1, 0.15) is 11.6 Å². The van der Waals surface area contributed by atoms with Crippen molar-refractivity contribution in [2.75, 3.05) is 26.7 Å². The number of hydrogen-bond donors (Lipinski definition) is 1. The third-order valence-electron chi connectivity index (χ3n) is 4.56. The van der Waals surface area contributed by atoms with Crippen LogP contribution in [0.3, 0.4) is 0 Å². The molecule has 0 bridgehead atoms. The maximum atomic E-state index is 13.7. The molecule has 1 aliphatic carbocycles. The summed E-state index contributed by atoms with van der Waals surface area (Å²) >= 11 is 0. The van der Waals surface area contributed by atoms with E-state index in [1.165, 1.54) is 12.1 Å². The summed E-state index contributed by atoms with van der Waals surface area (Å²) in [6.07, 6.45) is 1.70. The Kier molecular flexibility index (Phi) is 3.93. The highest BCUT2D eigenvalue weighted by Crippen LogP contribution is 2.49. The lowest BCUT2D eigenvalue weighted by Crippen LogP contribution is -2.31. The third kappa shape index (κ3) is 2.93. The van der Waals surface area contributed by atoms with E-state index in [0.717, 1.165) is 32.1 Å². The van der Waals surface area contributed by atoms with Gasteiger partial charge in [0.25, 0.3) is 0 Å². The number of carbonyl (C=O) groups excluding carboxylic acids is 1. The van der Waals surface area contributed by atoms with Gasteiger partial charge in [0, 0.05) is 25.1 Å². The second-order valence-electron chi connectivity index (χ2n) is 6.11. The number of carbonyl (C=O) groups is 1. The summed E-state index contributed by atoms with van der Waals surface area (Å²) in [6.45, 7) is 2.50. The van der Waals surface area contributed by atoms with E-state index in [2.05, 4.69) is 5.32 Å². The van der Waals surface area contributed by atoms with Gasteiger partial charge >= 0.3 is 0 Å². The molecule has 0 spiro atoms. The number of hydrogen-bond acceptors (Lipinski definition) is 2. The molecule has 0 radical (unpaired) electrons. The maximum Gasteiger partial charge on any atom is 0.226 e. The molecule has 1 heterocycles. The van der Waals surface area contributed by atoms with Crippen molar-refractivity contribution in [2.24, 2.45) is 11.8 Å². The van der Waals surface area contributed by atoms with Crippen molar-refractivity contribution < 1.29 is 13.6 Å². The minimum Gasteiger partial charge on any atom is -0.342 e. The Bertz CT molecular complexity index is 549. The Hall–Kier alpha value is -1.49. The average molecular weight is 294 g/mol. The van der Waals surface area contributed by atoms with Gasteiger partial charge in [-0.1, -0.05) is 6.07 Å². The average Bonchev–Trinajstić information content (AvgIpc) is 3.09. The second kappa shape index (κ2) is 5.72. The van der Waals surface area contributed by atoms with Gasteiger partial charge in [0.15, 0.2) is 0 Å². The van der Waals surface area contributed by atoms with E-state index in [1.807, 2.05) is 11.9 Å². The zero-order chi connectivity index (χ0) is 15.0. The van der Waals surface area contributed by atoms with Gasteiger partial charge in [-0.3, -0.25) is 4.79 Å². The minimum absolute atomic E-state index is 0.0820. The smallest absolute Gasteiger partial charge is 0.226 e. The van der Waals surface area contributed by atoms with Crippen molar-refractivity contribution in [1.29, 1.82) is 0 Å². The molecule has 1 saturated carbocycles. The Balaban J connectivity index is 1.61. The van der Waals surface area contributed by atoms with E-state index >= 15 is 0 Å². The summed E-state index contributed by atoms with van der Waals surface area (Å²) in [6, 6.07) is 3.63. The summed E-state index contributed by atoms with van der Waals surface area (Å²) in [5.41, 5.74) is 0.473. The van der Waals surface area contributed by atoms with E-state index in [1.54, 1.807) is 0 Å². The Morgan fingerprint density at radius 3 is 2.95 bits per heavy atom. The first-order valence-electron chi connectivity index (χ1n) is 7.48. The van der Waals surface area contributed by atoms with E-state index in [4.69, 9.17) is 0 Å². The molecule has 3 nitrogen and oxygen atoms in total.